The molecule has 7 heteroatoms. The topological polar surface area (TPSA) is 76.7 Å². The van der Waals surface area contributed by atoms with Crippen LogP contribution in [0.1, 0.15) is 45.7 Å². The molecule has 0 saturated carbocycles. The highest BCUT2D eigenvalue weighted by Crippen LogP contribution is 2.21. The highest BCUT2D eigenvalue weighted by atomic mass is 32.1. The van der Waals surface area contributed by atoms with Crippen LogP contribution in [0.5, 0.6) is 0 Å². The lowest BCUT2D eigenvalue weighted by Gasteiger charge is -2.15. The number of benzene rings is 2. The molecule has 0 spiro atoms. The van der Waals surface area contributed by atoms with Crippen molar-refractivity contribution in [1.82, 2.24) is 0 Å². The summed E-state index contributed by atoms with van der Waals surface area (Å²) in [5, 5.41) is 6.37. The van der Waals surface area contributed by atoms with Gasteiger partial charge in [-0.05, 0) is 81.4 Å². The number of hydrogen-bond donors (Lipinski definition) is 2. The maximum Gasteiger partial charge on any atom is 0.340 e. The summed E-state index contributed by atoms with van der Waals surface area (Å²) >= 11 is 5.39. The Morgan fingerprint density at radius 2 is 1.50 bits per heavy atom. The molecule has 0 bridgehead atoms. The largest absolute Gasteiger partial charge is 0.462 e. The van der Waals surface area contributed by atoms with E-state index in [2.05, 4.69) is 16.7 Å². The van der Waals surface area contributed by atoms with Crippen molar-refractivity contribution in [2.45, 2.75) is 27.7 Å². The number of aryl methyl sites for hydroxylation is 2. The van der Waals surface area contributed by atoms with Crippen LogP contribution in [0.2, 0.25) is 0 Å². The van der Waals surface area contributed by atoms with Gasteiger partial charge >= 0.3 is 11.9 Å². The zero-order chi connectivity index (χ0) is 20.7. The molecular formula is C21H24N2O4S. The molecule has 0 amide bonds. The predicted octanol–water partition coefficient (Wildman–Crippen LogP) is 4.47. The summed E-state index contributed by atoms with van der Waals surface area (Å²) in [7, 11) is 0. The summed E-state index contributed by atoms with van der Waals surface area (Å²) < 4.78 is 10.1. The van der Waals surface area contributed by atoms with Gasteiger partial charge in [0, 0.05) is 5.69 Å². The van der Waals surface area contributed by atoms with Gasteiger partial charge in [0.1, 0.15) is 0 Å². The molecule has 28 heavy (non-hydrogen) atoms. The first kappa shape index (κ1) is 21.4. The number of hydrogen-bond acceptors (Lipinski definition) is 5. The summed E-state index contributed by atoms with van der Waals surface area (Å²) in [5.41, 5.74) is 3.98. The van der Waals surface area contributed by atoms with Crippen molar-refractivity contribution in [2.24, 2.45) is 0 Å². The quantitative estimate of drug-likeness (QED) is 0.547. The average Bonchev–Trinajstić information content (AvgIpc) is 2.61. The van der Waals surface area contributed by atoms with Crippen LogP contribution in [0, 0.1) is 13.8 Å². The number of ether oxygens (including phenoxy) is 2. The van der Waals surface area contributed by atoms with E-state index in [1.807, 2.05) is 26.0 Å². The van der Waals surface area contributed by atoms with Gasteiger partial charge in [0.05, 0.1) is 30.0 Å². The molecule has 0 heterocycles. The summed E-state index contributed by atoms with van der Waals surface area (Å²) in [4.78, 5) is 24.3. The van der Waals surface area contributed by atoms with E-state index < -0.39 is 11.9 Å². The minimum Gasteiger partial charge on any atom is -0.462 e. The van der Waals surface area contributed by atoms with Crippen LogP contribution in [-0.2, 0) is 9.47 Å². The Bertz CT molecular complexity index is 876. The summed E-state index contributed by atoms with van der Waals surface area (Å²) in [5.74, 6) is -0.983. The van der Waals surface area contributed by atoms with Crippen LogP contribution in [0.25, 0.3) is 0 Å². The second kappa shape index (κ2) is 9.85. The first-order valence-electron chi connectivity index (χ1n) is 8.98. The highest BCUT2D eigenvalue weighted by Gasteiger charge is 2.17. The maximum atomic E-state index is 12.3. The standard InChI is InChI=1S/C21H24N2O4S/c1-5-26-19(24)15-7-8-17(20(25)27-6-2)18(12-15)23-21(28)22-16-10-13(3)9-14(4)11-16/h7-12H,5-6H2,1-4H3,(H2,22,23,28). The van der Waals surface area contributed by atoms with Crippen molar-refractivity contribution in [1.29, 1.82) is 0 Å². The molecule has 0 saturated heterocycles. The molecule has 0 unspecified atom stereocenters. The van der Waals surface area contributed by atoms with Gasteiger partial charge < -0.3 is 20.1 Å². The monoisotopic (exact) mass is 400 g/mol. The lowest BCUT2D eigenvalue weighted by atomic mass is 10.1. The minimum absolute atomic E-state index is 0.239. The molecule has 0 radical (unpaired) electrons. The smallest absolute Gasteiger partial charge is 0.340 e. The molecule has 0 fully saturated rings. The number of thiocarbonyl (C=S) groups is 1. The highest BCUT2D eigenvalue weighted by molar-refractivity contribution is 7.80. The van der Waals surface area contributed by atoms with Gasteiger partial charge in [0.15, 0.2) is 5.11 Å². The zero-order valence-corrected chi connectivity index (χ0v) is 17.2. The van der Waals surface area contributed by atoms with Crippen molar-refractivity contribution in [2.75, 3.05) is 23.8 Å². The van der Waals surface area contributed by atoms with Crippen LogP contribution in [-0.4, -0.2) is 30.3 Å². The van der Waals surface area contributed by atoms with Crippen LogP contribution >= 0.6 is 12.2 Å². The van der Waals surface area contributed by atoms with Gasteiger partial charge in [-0.2, -0.15) is 0 Å². The fourth-order valence-electron chi connectivity index (χ4n) is 2.71. The molecule has 2 aromatic carbocycles. The van der Waals surface area contributed by atoms with Crippen LogP contribution in [0.3, 0.4) is 0 Å². The molecule has 0 atom stereocenters. The molecule has 2 rings (SSSR count). The van der Waals surface area contributed by atoms with E-state index in [9.17, 15) is 9.59 Å². The Morgan fingerprint density at radius 3 is 2.11 bits per heavy atom. The number of carbonyl (C=O) groups excluding carboxylic acids is 2. The Labute approximate surface area is 170 Å². The van der Waals surface area contributed by atoms with Crippen LogP contribution in [0.4, 0.5) is 11.4 Å². The van der Waals surface area contributed by atoms with Gasteiger partial charge in [-0.3, -0.25) is 0 Å². The van der Waals surface area contributed by atoms with Gasteiger partial charge in [-0.15, -0.1) is 0 Å². The number of esters is 2. The van der Waals surface area contributed by atoms with E-state index in [-0.39, 0.29) is 23.9 Å². The van der Waals surface area contributed by atoms with E-state index in [4.69, 9.17) is 21.7 Å². The van der Waals surface area contributed by atoms with Gasteiger partial charge in [-0.25, -0.2) is 9.59 Å². The predicted molar refractivity (Wildman–Crippen MR) is 114 cm³/mol. The number of carbonyl (C=O) groups is 2. The number of nitrogens with one attached hydrogen (secondary N) is 2. The Balaban J connectivity index is 2.28. The first-order valence-corrected chi connectivity index (χ1v) is 9.39. The molecule has 0 aromatic heterocycles. The molecule has 2 N–H and O–H groups in total. The van der Waals surface area contributed by atoms with Crippen molar-refractivity contribution in [3.8, 4) is 0 Å². The maximum absolute atomic E-state index is 12.3. The SMILES string of the molecule is CCOC(=O)c1ccc(C(=O)OCC)c(NC(=S)Nc2cc(C)cc(C)c2)c1. The average molecular weight is 401 g/mol. The number of anilines is 2. The molecule has 148 valence electrons. The van der Waals surface area contributed by atoms with Gasteiger partial charge in [0.2, 0.25) is 0 Å². The third kappa shape index (κ3) is 5.79. The van der Waals surface area contributed by atoms with Crippen molar-refractivity contribution in [3.63, 3.8) is 0 Å². The van der Waals surface area contributed by atoms with Crippen molar-refractivity contribution >= 4 is 40.6 Å². The normalized spacial score (nSPS) is 10.1. The zero-order valence-electron chi connectivity index (χ0n) is 16.4. The number of rotatable bonds is 6. The lowest BCUT2D eigenvalue weighted by molar-refractivity contribution is 0.0512. The fourth-order valence-corrected chi connectivity index (χ4v) is 2.94. The van der Waals surface area contributed by atoms with E-state index >= 15 is 0 Å². The second-order valence-corrected chi connectivity index (χ2v) is 6.57. The Kier molecular flexibility index (Phi) is 7.52. The van der Waals surface area contributed by atoms with E-state index in [1.54, 1.807) is 13.8 Å². The third-order valence-electron chi connectivity index (χ3n) is 3.75. The van der Waals surface area contributed by atoms with Gasteiger partial charge in [-0.1, -0.05) is 6.07 Å². The molecule has 6 nitrogen and oxygen atoms in total. The molecular weight excluding hydrogens is 376 g/mol. The molecule has 0 aliphatic heterocycles. The summed E-state index contributed by atoms with van der Waals surface area (Å²) in [6.07, 6.45) is 0. The molecule has 0 aliphatic carbocycles. The van der Waals surface area contributed by atoms with Crippen LogP contribution < -0.4 is 10.6 Å². The molecule has 0 aliphatic rings. The lowest BCUT2D eigenvalue weighted by Crippen LogP contribution is -2.22. The van der Waals surface area contributed by atoms with Crippen molar-refractivity contribution < 1.29 is 19.1 Å². The minimum atomic E-state index is -0.505. The third-order valence-corrected chi connectivity index (χ3v) is 3.96. The molecule has 2 aromatic rings. The van der Waals surface area contributed by atoms with E-state index in [0.717, 1.165) is 16.8 Å². The van der Waals surface area contributed by atoms with E-state index in [0.29, 0.717) is 11.3 Å². The second-order valence-electron chi connectivity index (χ2n) is 6.16. The fraction of sp³-hybridized carbons (Fsp3) is 0.286. The van der Waals surface area contributed by atoms with Gasteiger partial charge in [0.25, 0.3) is 0 Å². The van der Waals surface area contributed by atoms with E-state index in [1.165, 1.54) is 18.2 Å². The van der Waals surface area contributed by atoms with Crippen LogP contribution in [0.15, 0.2) is 36.4 Å². The summed E-state index contributed by atoms with van der Waals surface area (Å²) in [6.45, 7) is 7.95. The van der Waals surface area contributed by atoms with Crippen molar-refractivity contribution in [3.05, 3.63) is 58.7 Å². The first-order chi connectivity index (χ1) is 13.3. The summed E-state index contributed by atoms with van der Waals surface area (Å²) in [6, 6.07) is 10.6. The Morgan fingerprint density at radius 1 is 0.893 bits per heavy atom. The Hall–Kier alpha value is -2.93.